The summed E-state index contributed by atoms with van der Waals surface area (Å²) in [6.07, 6.45) is 2.98. The summed E-state index contributed by atoms with van der Waals surface area (Å²) >= 11 is 0. The molecule has 1 aliphatic rings. The fraction of sp³-hybridized carbons (Fsp3) is 0.833. The summed E-state index contributed by atoms with van der Waals surface area (Å²) in [6.45, 7) is 5.74. The molecule has 1 amide bonds. The normalized spacial score (nSPS) is 18.5. The third-order valence-corrected chi connectivity index (χ3v) is 3.07. The maximum absolute atomic E-state index is 11.8. The van der Waals surface area contributed by atoms with Crippen molar-refractivity contribution >= 4 is 11.9 Å². The SMILES string of the molecule is COC(=O)[C@@H](NC(=O)C1CCC1)C(C)(C)C. The fourth-order valence-electron chi connectivity index (χ4n) is 1.68. The molecule has 1 rings (SSSR count). The van der Waals surface area contributed by atoms with Crippen LogP contribution in [0.2, 0.25) is 0 Å². The molecule has 1 atom stereocenters. The molecular weight excluding hydrogens is 206 g/mol. The minimum absolute atomic E-state index is 0.0171. The molecule has 0 spiro atoms. The van der Waals surface area contributed by atoms with Crippen LogP contribution >= 0.6 is 0 Å². The van der Waals surface area contributed by atoms with Gasteiger partial charge in [-0.2, -0.15) is 0 Å². The molecule has 1 fully saturated rings. The van der Waals surface area contributed by atoms with Gasteiger partial charge in [-0.15, -0.1) is 0 Å². The number of esters is 1. The first-order valence-corrected chi connectivity index (χ1v) is 5.74. The summed E-state index contributed by atoms with van der Waals surface area (Å²) in [5.41, 5.74) is -0.327. The van der Waals surface area contributed by atoms with E-state index < -0.39 is 6.04 Å². The Morgan fingerprint density at radius 1 is 1.31 bits per heavy atom. The summed E-state index contributed by atoms with van der Waals surface area (Å²) in [7, 11) is 1.34. The smallest absolute Gasteiger partial charge is 0.328 e. The summed E-state index contributed by atoms with van der Waals surface area (Å²) in [5.74, 6) is -0.300. The van der Waals surface area contributed by atoms with Gasteiger partial charge in [0.15, 0.2) is 0 Å². The topological polar surface area (TPSA) is 55.4 Å². The monoisotopic (exact) mass is 227 g/mol. The maximum atomic E-state index is 11.8. The van der Waals surface area contributed by atoms with Gasteiger partial charge in [0, 0.05) is 5.92 Å². The zero-order chi connectivity index (χ0) is 12.3. The number of nitrogens with one attached hydrogen (secondary N) is 1. The van der Waals surface area contributed by atoms with Crippen LogP contribution in [0.4, 0.5) is 0 Å². The molecule has 0 saturated heterocycles. The molecule has 1 aliphatic carbocycles. The summed E-state index contributed by atoms with van der Waals surface area (Å²) in [5, 5.41) is 2.80. The van der Waals surface area contributed by atoms with Gasteiger partial charge in [0.1, 0.15) is 6.04 Å². The molecule has 1 saturated carbocycles. The van der Waals surface area contributed by atoms with Crippen molar-refractivity contribution in [3.05, 3.63) is 0 Å². The molecule has 0 unspecified atom stereocenters. The molecule has 0 aromatic heterocycles. The Labute approximate surface area is 96.7 Å². The van der Waals surface area contributed by atoms with E-state index in [1.807, 2.05) is 20.8 Å². The van der Waals surface area contributed by atoms with Gasteiger partial charge in [-0.1, -0.05) is 27.2 Å². The Bertz CT molecular complexity index is 276. The van der Waals surface area contributed by atoms with Crippen LogP contribution in [0.3, 0.4) is 0 Å². The molecule has 0 radical (unpaired) electrons. The highest BCUT2D eigenvalue weighted by atomic mass is 16.5. The zero-order valence-corrected chi connectivity index (χ0v) is 10.5. The minimum atomic E-state index is -0.564. The lowest BCUT2D eigenvalue weighted by molar-refractivity contribution is -0.149. The van der Waals surface area contributed by atoms with E-state index in [0.717, 1.165) is 19.3 Å². The molecule has 0 heterocycles. The van der Waals surface area contributed by atoms with Crippen LogP contribution in [0.15, 0.2) is 0 Å². The Morgan fingerprint density at radius 2 is 1.88 bits per heavy atom. The summed E-state index contributed by atoms with van der Waals surface area (Å²) < 4.78 is 4.72. The Balaban J connectivity index is 2.63. The van der Waals surface area contributed by atoms with Gasteiger partial charge in [-0.05, 0) is 18.3 Å². The maximum Gasteiger partial charge on any atom is 0.328 e. The third-order valence-electron chi connectivity index (χ3n) is 3.07. The van der Waals surface area contributed by atoms with Gasteiger partial charge < -0.3 is 10.1 Å². The van der Waals surface area contributed by atoms with Gasteiger partial charge in [0.2, 0.25) is 5.91 Å². The second-order valence-electron chi connectivity index (χ2n) is 5.46. The van der Waals surface area contributed by atoms with E-state index in [9.17, 15) is 9.59 Å². The molecule has 0 aromatic carbocycles. The van der Waals surface area contributed by atoms with Crippen molar-refractivity contribution < 1.29 is 14.3 Å². The number of amides is 1. The van der Waals surface area contributed by atoms with E-state index >= 15 is 0 Å². The minimum Gasteiger partial charge on any atom is -0.467 e. The molecule has 92 valence electrons. The standard InChI is InChI=1S/C12H21NO3/c1-12(2,3)9(11(15)16-4)13-10(14)8-6-5-7-8/h8-9H,5-7H2,1-4H3,(H,13,14)/t9-/m1/s1. The van der Waals surface area contributed by atoms with E-state index in [0.29, 0.717) is 0 Å². The lowest BCUT2D eigenvalue weighted by Gasteiger charge is -2.32. The van der Waals surface area contributed by atoms with Crippen molar-refractivity contribution in [1.82, 2.24) is 5.32 Å². The molecule has 16 heavy (non-hydrogen) atoms. The summed E-state index contributed by atoms with van der Waals surface area (Å²) in [4.78, 5) is 23.4. The Morgan fingerprint density at radius 3 is 2.19 bits per heavy atom. The lowest BCUT2D eigenvalue weighted by Crippen LogP contribution is -2.52. The van der Waals surface area contributed by atoms with Crippen molar-refractivity contribution in [2.45, 2.75) is 46.1 Å². The number of ether oxygens (including phenoxy) is 1. The quantitative estimate of drug-likeness (QED) is 0.743. The average Bonchev–Trinajstić information content (AvgIpc) is 2.08. The van der Waals surface area contributed by atoms with Crippen LogP contribution in [0.1, 0.15) is 40.0 Å². The van der Waals surface area contributed by atoms with Gasteiger partial charge in [0.25, 0.3) is 0 Å². The molecule has 0 aliphatic heterocycles. The van der Waals surface area contributed by atoms with Crippen LogP contribution in [-0.4, -0.2) is 25.0 Å². The third kappa shape index (κ3) is 2.97. The molecular formula is C12H21NO3. The van der Waals surface area contributed by atoms with Gasteiger partial charge >= 0.3 is 5.97 Å². The number of rotatable bonds is 3. The van der Waals surface area contributed by atoms with Gasteiger partial charge in [-0.25, -0.2) is 4.79 Å². The molecule has 4 nitrogen and oxygen atoms in total. The van der Waals surface area contributed by atoms with Crippen molar-refractivity contribution in [3.8, 4) is 0 Å². The molecule has 1 N–H and O–H groups in total. The van der Waals surface area contributed by atoms with Crippen molar-refractivity contribution in [2.75, 3.05) is 7.11 Å². The predicted octanol–water partition coefficient (Wildman–Crippen LogP) is 1.49. The van der Waals surface area contributed by atoms with E-state index in [-0.39, 0.29) is 23.2 Å². The number of methoxy groups -OCH3 is 1. The highest BCUT2D eigenvalue weighted by Crippen LogP contribution is 2.28. The summed E-state index contributed by atoms with van der Waals surface area (Å²) in [6, 6.07) is -0.564. The molecule has 0 aromatic rings. The van der Waals surface area contributed by atoms with Gasteiger partial charge in [0.05, 0.1) is 7.11 Å². The lowest BCUT2D eigenvalue weighted by atomic mass is 9.82. The first kappa shape index (κ1) is 13.0. The number of carbonyl (C=O) groups excluding carboxylic acids is 2. The highest BCUT2D eigenvalue weighted by Gasteiger charge is 2.36. The molecule has 4 heteroatoms. The van der Waals surface area contributed by atoms with E-state index in [1.165, 1.54) is 7.11 Å². The van der Waals surface area contributed by atoms with Crippen molar-refractivity contribution in [1.29, 1.82) is 0 Å². The van der Waals surface area contributed by atoms with Gasteiger partial charge in [-0.3, -0.25) is 4.79 Å². The molecule has 0 bridgehead atoms. The van der Waals surface area contributed by atoms with Crippen molar-refractivity contribution in [2.24, 2.45) is 11.3 Å². The van der Waals surface area contributed by atoms with Crippen LogP contribution in [0.25, 0.3) is 0 Å². The Hall–Kier alpha value is -1.06. The average molecular weight is 227 g/mol. The second-order valence-corrected chi connectivity index (χ2v) is 5.46. The predicted molar refractivity (Wildman–Crippen MR) is 60.7 cm³/mol. The fourth-order valence-corrected chi connectivity index (χ4v) is 1.68. The van der Waals surface area contributed by atoms with Crippen LogP contribution in [-0.2, 0) is 14.3 Å². The van der Waals surface area contributed by atoms with E-state index in [2.05, 4.69) is 5.32 Å². The van der Waals surface area contributed by atoms with Crippen LogP contribution in [0, 0.1) is 11.3 Å². The van der Waals surface area contributed by atoms with E-state index in [4.69, 9.17) is 4.74 Å². The zero-order valence-electron chi connectivity index (χ0n) is 10.5. The number of hydrogen-bond acceptors (Lipinski definition) is 3. The number of carbonyl (C=O) groups is 2. The van der Waals surface area contributed by atoms with E-state index in [1.54, 1.807) is 0 Å². The van der Waals surface area contributed by atoms with Crippen LogP contribution in [0.5, 0.6) is 0 Å². The first-order valence-electron chi connectivity index (χ1n) is 5.74. The van der Waals surface area contributed by atoms with Crippen LogP contribution < -0.4 is 5.32 Å². The highest BCUT2D eigenvalue weighted by molar-refractivity contribution is 5.86. The van der Waals surface area contributed by atoms with Crippen molar-refractivity contribution in [3.63, 3.8) is 0 Å². The first-order chi connectivity index (χ1) is 7.36. The largest absolute Gasteiger partial charge is 0.467 e. The second kappa shape index (κ2) is 4.85. The number of hydrogen-bond donors (Lipinski definition) is 1. The Kier molecular flexibility index (Phi) is 3.94.